The number of aliphatic hydroxyl groups excluding tert-OH is 1. The summed E-state index contributed by atoms with van der Waals surface area (Å²) in [6.45, 7) is -0.324. The minimum absolute atomic E-state index is 0.0361. The SMILES string of the molecule is COC(=O)C(O)CNC(=O)c1ccc(Cl)c(F)c1. The lowest BCUT2D eigenvalue weighted by Gasteiger charge is -2.09. The molecule has 0 radical (unpaired) electrons. The number of benzene rings is 1. The molecular formula is C11H11ClFNO4. The predicted molar refractivity (Wildman–Crippen MR) is 61.8 cm³/mol. The Balaban J connectivity index is 2.60. The molecule has 1 aromatic rings. The van der Waals surface area contributed by atoms with Crippen LogP contribution in [0.2, 0.25) is 5.02 Å². The van der Waals surface area contributed by atoms with Crippen molar-refractivity contribution < 1.29 is 23.8 Å². The zero-order valence-corrected chi connectivity index (χ0v) is 10.2. The van der Waals surface area contributed by atoms with Crippen molar-refractivity contribution in [2.24, 2.45) is 0 Å². The summed E-state index contributed by atoms with van der Waals surface area (Å²) < 4.78 is 17.4. The van der Waals surface area contributed by atoms with Gasteiger partial charge in [-0.2, -0.15) is 0 Å². The van der Waals surface area contributed by atoms with E-state index in [1.54, 1.807) is 0 Å². The van der Waals surface area contributed by atoms with Crippen LogP contribution in [0.15, 0.2) is 18.2 Å². The Kier molecular flexibility index (Phi) is 5.06. The summed E-state index contributed by atoms with van der Waals surface area (Å²) in [6, 6.07) is 3.52. The normalized spacial score (nSPS) is 11.8. The summed E-state index contributed by atoms with van der Waals surface area (Å²) in [7, 11) is 1.11. The van der Waals surface area contributed by atoms with Crippen molar-refractivity contribution in [3.8, 4) is 0 Å². The highest BCUT2D eigenvalue weighted by molar-refractivity contribution is 6.30. The highest BCUT2D eigenvalue weighted by Crippen LogP contribution is 2.15. The molecule has 2 N–H and O–H groups in total. The molecule has 7 heteroatoms. The molecule has 0 saturated heterocycles. The number of amides is 1. The van der Waals surface area contributed by atoms with Gasteiger partial charge in [0, 0.05) is 5.56 Å². The molecule has 1 aromatic carbocycles. The Morgan fingerprint density at radius 3 is 2.78 bits per heavy atom. The first-order valence-corrected chi connectivity index (χ1v) is 5.32. The van der Waals surface area contributed by atoms with Crippen LogP contribution in [0.3, 0.4) is 0 Å². The number of esters is 1. The molecule has 0 bridgehead atoms. The standard InChI is InChI=1S/C11H11ClFNO4/c1-18-11(17)9(15)5-14-10(16)6-2-3-7(12)8(13)4-6/h2-4,9,15H,5H2,1H3,(H,14,16). The van der Waals surface area contributed by atoms with Gasteiger partial charge in [-0.15, -0.1) is 0 Å². The monoisotopic (exact) mass is 275 g/mol. The Morgan fingerprint density at radius 2 is 2.22 bits per heavy atom. The molecule has 1 rings (SSSR count). The van der Waals surface area contributed by atoms with E-state index in [2.05, 4.69) is 10.1 Å². The van der Waals surface area contributed by atoms with Crippen LogP contribution in [-0.4, -0.2) is 36.7 Å². The Labute approximate surface area is 108 Å². The van der Waals surface area contributed by atoms with Gasteiger partial charge in [-0.05, 0) is 18.2 Å². The fraction of sp³-hybridized carbons (Fsp3) is 0.273. The second-order valence-corrected chi connectivity index (χ2v) is 3.79. The molecule has 1 unspecified atom stereocenters. The van der Waals surface area contributed by atoms with Crippen LogP contribution in [-0.2, 0) is 9.53 Å². The van der Waals surface area contributed by atoms with E-state index in [1.807, 2.05) is 0 Å². The van der Waals surface area contributed by atoms with Gasteiger partial charge in [0.2, 0.25) is 0 Å². The number of hydrogen-bond donors (Lipinski definition) is 2. The Hall–Kier alpha value is -1.66. The average Bonchev–Trinajstić information content (AvgIpc) is 2.37. The maximum atomic E-state index is 13.1. The van der Waals surface area contributed by atoms with Crippen molar-refractivity contribution in [2.75, 3.05) is 13.7 Å². The highest BCUT2D eigenvalue weighted by Gasteiger charge is 2.17. The first-order chi connectivity index (χ1) is 8.45. The van der Waals surface area contributed by atoms with Crippen LogP contribution in [0, 0.1) is 5.82 Å². The largest absolute Gasteiger partial charge is 0.467 e. The quantitative estimate of drug-likeness (QED) is 0.795. The molecular weight excluding hydrogens is 265 g/mol. The summed E-state index contributed by atoms with van der Waals surface area (Å²) in [5, 5.41) is 11.4. The van der Waals surface area contributed by atoms with E-state index in [1.165, 1.54) is 12.1 Å². The van der Waals surface area contributed by atoms with Gasteiger partial charge in [-0.25, -0.2) is 9.18 Å². The second-order valence-electron chi connectivity index (χ2n) is 3.38. The number of aliphatic hydroxyl groups is 1. The highest BCUT2D eigenvalue weighted by atomic mass is 35.5. The Morgan fingerprint density at radius 1 is 1.56 bits per heavy atom. The van der Waals surface area contributed by atoms with Crippen LogP contribution in [0.1, 0.15) is 10.4 Å². The van der Waals surface area contributed by atoms with Gasteiger partial charge in [0.15, 0.2) is 6.10 Å². The molecule has 0 saturated carbocycles. The fourth-order valence-corrected chi connectivity index (χ4v) is 1.27. The van der Waals surface area contributed by atoms with Crippen molar-refractivity contribution in [3.63, 3.8) is 0 Å². The minimum atomic E-state index is -1.46. The number of nitrogens with one attached hydrogen (secondary N) is 1. The maximum Gasteiger partial charge on any atom is 0.336 e. The van der Waals surface area contributed by atoms with E-state index in [9.17, 15) is 19.1 Å². The summed E-state index contributed by atoms with van der Waals surface area (Å²) in [5.41, 5.74) is 0.0361. The molecule has 1 atom stereocenters. The molecule has 0 aliphatic carbocycles. The van der Waals surface area contributed by atoms with Gasteiger partial charge in [-0.3, -0.25) is 4.79 Å². The molecule has 0 fully saturated rings. The van der Waals surface area contributed by atoms with Crippen LogP contribution in [0.4, 0.5) is 4.39 Å². The topological polar surface area (TPSA) is 75.6 Å². The lowest BCUT2D eigenvalue weighted by atomic mass is 10.2. The van der Waals surface area contributed by atoms with Crippen molar-refractivity contribution in [2.45, 2.75) is 6.10 Å². The maximum absolute atomic E-state index is 13.1. The van der Waals surface area contributed by atoms with Crippen molar-refractivity contribution in [3.05, 3.63) is 34.6 Å². The molecule has 18 heavy (non-hydrogen) atoms. The van der Waals surface area contributed by atoms with Crippen LogP contribution < -0.4 is 5.32 Å². The molecule has 0 spiro atoms. The molecule has 98 valence electrons. The van der Waals surface area contributed by atoms with Crippen molar-refractivity contribution in [1.82, 2.24) is 5.32 Å². The molecule has 0 aromatic heterocycles. The van der Waals surface area contributed by atoms with Crippen molar-refractivity contribution >= 4 is 23.5 Å². The Bertz CT molecular complexity index is 466. The van der Waals surface area contributed by atoms with Gasteiger partial charge in [0.1, 0.15) is 5.82 Å². The third-order valence-corrected chi connectivity index (χ3v) is 2.42. The third kappa shape index (κ3) is 3.68. The van der Waals surface area contributed by atoms with Crippen LogP contribution >= 0.6 is 11.6 Å². The van der Waals surface area contributed by atoms with Gasteiger partial charge >= 0.3 is 5.97 Å². The zero-order valence-electron chi connectivity index (χ0n) is 9.44. The van der Waals surface area contributed by atoms with E-state index < -0.39 is 23.8 Å². The molecule has 0 aliphatic heterocycles. The number of carbonyl (C=O) groups excluding carboxylic acids is 2. The number of rotatable bonds is 4. The smallest absolute Gasteiger partial charge is 0.336 e. The molecule has 5 nitrogen and oxygen atoms in total. The number of carbonyl (C=O) groups is 2. The molecule has 0 heterocycles. The van der Waals surface area contributed by atoms with Gasteiger partial charge in [0.05, 0.1) is 18.7 Å². The first kappa shape index (κ1) is 14.4. The van der Waals surface area contributed by atoms with E-state index in [0.29, 0.717) is 0 Å². The first-order valence-electron chi connectivity index (χ1n) is 4.95. The number of ether oxygens (including phenoxy) is 1. The van der Waals surface area contributed by atoms with Gasteiger partial charge < -0.3 is 15.2 Å². The van der Waals surface area contributed by atoms with Crippen LogP contribution in [0.25, 0.3) is 0 Å². The van der Waals surface area contributed by atoms with E-state index in [4.69, 9.17) is 11.6 Å². The summed E-state index contributed by atoms with van der Waals surface area (Å²) in [4.78, 5) is 22.4. The lowest BCUT2D eigenvalue weighted by Crippen LogP contribution is -2.37. The van der Waals surface area contributed by atoms with Crippen molar-refractivity contribution in [1.29, 1.82) is 0 Å². The summed E-state index contributed by atoms with van der Waals surface area (Å²) in [5.74, 6) is -2.22. The third-order valence-electron chi connectivity index (χ3n) is 2.11. The zero-order chi connectivity index (χ0) is 13.7. The fourth-order valence-electron chi connectivity index (χ4n) is 1.15. The second kappa shape index (κ2) is 6.32. The average molecular weight is 276 g/mol. The number of hydrogen-bond acceptors (Lipinski definition) is 4. The van der Waals surface area contributed by atoms with Gasteiger partial charge in [0.25, 0.3) is 5.91 Å². The number of halogens is 2. The van der Waals surface area contributed by atoms with Crippen LogP contribution in [0.5, 0.6) is 0 Å². The minimum Gasteiger partial charge on any atom is -0.467 e. The van der Waals surface area contributed by atoms with Gasteiger partial charge in [-0.1, -0.05) is 11.6 Å². The summed E-state index contributed by atoms with van der Waals surface area (Å²) in [6.07, 6.45) is -1.46. The summed E-state index contributed by atoms with van der Waals surface area (Å²) >= 11 is 5.47. The molecule has 0 aliphatic rings. The van der Waals surface area contributed by atoms with E-state index >= 15 is 0 Å². The van der Waals surface area contributed by atoms with E-state index in [0.717, 1.165) is 13.2 Å². The predicted octanol–water partition coefficient (Wildman–Crippen LogP) is 0.743. The lowest BCUT2D eigenvalue weighted by molar-refractivity contribution is -0.149. The van der Waals surface area contributed by atoms with E-state index in [-0.39, 0.29) is 17.1 Å². The number of methoxy groups -OCH3 is 1. The molecule has 1 amide bonds.